The summed E-state index contributed by atoms with van der Waals surface area (Å²) >= 11 is 0. The van der Waals surface area contributed by atoms with Crippen molar-refractivity contribution < 1.29 is 24.8 Å². The van der Waals surface area contributed by atoms with Gasteiger partial charge in [0.05, 0.1) is 11.0 Å². The van der Waals surface area contributed by atoms with E-state index in [2.05, 4.69) is 0 Å². The number of carbonyl (C=O) groups is 1. The number of rotatable bonds is 2. The molecule has 0 spiro atoms. The van der Waals surface area contributed by atoms with Crippen molar-refractivity contribution in [3.05, 3.63) is 34.1 Å². The lowest BCUT2D eigenvalue weighted by Crippen LogP contribution is -2.30. The summed E-state index contributed by atoms with van der Waals surface area (Å²) in [6.07, 6.45) is 1.73. The second-order valence-electron chi connectivity index (χ2n) is 2.19. The zero-order valence-electron chi connectivity index (χ0n) is 6.25. The first kappa shape index (κ1) is 8.91. The molecule has 68 valence electrons. The molecular formula is C6H5N2O5+. The predicted octanol–water partition coefficient (Wildman–Crippen LogP) is -0.182. The van der Waals surface area contributed by atoms with E-state index in [1.54, 1.807) is 0 Å². The Morgan fingerprint density at radius 1 is 1.62 bits per heavy atom. The van der Waals surface area contributed by atoms with Crippen molar-refractivity contribution >= 4 is 11.7 Å². The molecule has 1 aromatic rings. The largest absolute Gasteiger partial charge is 0.477 e. The molecule has 0 radical (unpaired) electrons. The molecule has 0 aliphatic heterocycles. The molecule has 0 aliphatic rings. The van der Waals surface area contributed by atoms with Gasteiger partial charge in [-0.2, -0.15) is 0 Å². The lowest BCUT2D eigenvalue weighted by atomic mass is 10.2. The summed E-state index contributed by atoms with van der Waals surface area (Å²) in [6, 6.07) is 0.906. The fourth-order valence-electron chi connectivity index (χ4n) is 0.802. The highest BCUT2D eigenvalue weighted by Gasteiger charge is 2.24. The van der Waals surface area contributed by atoms with Crippen LogP contribution in [0.3, 0.4) is 0 Å². The van der Waals surface area contributed by atoms with Crippen molar-refractivity contribution in [2.24, 2.45) is 0 Å². The minimum atomic E-state index is -1.46. The molecule has 0 amide bonds. The molecule has 0 bridgehead atoms. The summed E-state index contributed by atoms with van der Waals surface area (Å²) in [4.78, 5) is 19.9. The summed E-state index contributed by atoms with van der Waals surface area (Å²) in [5, 5.41) is 27.6. The Morgan fingerprint density at radius 2 is 2.23 bits per heavy atom. The van der Waals surface area contributed by atoms with Crippen LogP contribution in [0.4, 0.5) is 5.69 Å². The van der Waals surface area contributed by atoms with Crippen LogP contribution in [0.2, 0.25) is 0 Å². The number of carboxylic acids is 1. The Bertz CT molecular complexity index is 375. The van der Waals surface area contributed by atoms with Gasteiger partial charge >= 0.3 is 5.97 Å². The maximum absolute atomic E-state index is 10.4. The maximum Gasteiger partial charge on any atom is 0.349 e. The lowest BCUT2D eigenvalue weighted by Gasteiger charge is -1.92. The summed E-state index contributed by atoms with van der Waals surface area (Å²) in [6.45, 7) is 0. The first-order chi connectivity index (χ1) is 6.02. The van der Waals surface area contributed by atoms with Crippen LogP contribution in [0.25, 0.3) is 0 Å². The molecular weight excluding hydrogens is 180 g/mol. The molecule has 0 aliphatic carbocycles. The molecule has 1 heterocycles. The Labute approximate surface area is 71.6 Å². The molecule has 7 nitrogen and oxygen atoms in total. The van der Waals surface area contributed by atoms with Crippen molar-refractivity contribution in [2.45, 2.75) is 0 Å². The van der Waals surface area contributed by atoms with Gasteiger partial charge in [0.1, 0.15) is 0 Å². The Hall–Kier alpha value is -2.18. The van der Waals surface area contributed by atoms with Gasteiger partial charge in [0.25, 0.3) is 5.69 Å². The maximum atomic E-state index is 10.4. The number of aromatic carboxylic acids is 1. The molecule has 1 aromatic heterocycles. The van der Waals surface area contributed by atoms with Crippen molar-refractivity contribution in [1.29, 1.82) is 0 Å². The van der Waals surface area contributed by atoms with Crippen LogP contribution in [0, 0.1) is 10.1 Å². The van der Waals surface area contributed by atoms with E-state index < -0.39 is 22.1 Å². The fraction of sp³-hybridized carbons (Fsp3) is 0. The van der Waals surface area contributed by atoms with Gasteiger partial charge in [-0.25, -0.2) is 4.79 Å². The second-order valence-corrected chi connectivity index (χ2v) is 2.19. The van der Waals surface area contributed by atoms with E-state index in [-0.39, 0.29) is 0 Å². The van der Waals surface area contributed by atoms with E-state index in [0.717, 1.165) is 18.5 Å². The average Bonchev–Trinajstić information content (AvgIpc) is 2.03. The minimum absolute atomic E-state index is 0.441. The van der Waals surface area contributed by atoms with Crippen molar-refractivity contribution in [2.75, 3.05) is 0 Å². The van der Waals surface area contributed by atoms with E-state index in [4.69, 9.17) is 10.3 Å². The van der Waals surface area contributed by atoms with Crippen LogP contribution < -0.4 is 4.73 Å². The zero-order chi connectivity index (χ0) is 10.0. The molecule has 1 rings (SSSR count). The molecule has 0 aromatic carbocycles. The minimum Gasteiger partial charge on any atom is -0.477 e. The number of carboxylic acid groups (broad SMARTS) is 1. The van der Waals surface area contributed by atoms with Crippen LogP contribution in [-0.2, 0) is 0 Å². The molecule has 0 unspecified atom stereocenters. The number of nitrogens with zero attached hydrogens (tertiary/aromatic N) is 2. The van der Waals surface area contributed by atoms with E-state index >= 15 is 0 Å². The van der Waals surface area contributed by atoms with Gasteiger partial charge < -0.3 is 5.11 Å². The Morgan fingerprint density at radius 3 is 2.69 bits per heavy atom. The number of hydrogen-bond acceptors (Lipinski definition) is 4. The molecule has 13 heavy (non-hydrogen) atoms. The number of nitro groups is 1. The van der Waals surface area contributed by atoms with E-state index in [1.807, 2.05) is 0 Å². The molecule has 0 atom stereocenters. The molecule has 2 N–H and O–H groups in total. The highest BCUT2D eigenvalue weighted by atomic mass is 16.6. The second kappa shape index (κ2) is 3.05. The van der Waals surface area contributed by atoms with Crippen LogP contribution in [0.1, 0.15) is 10.4 Å². The zero-order valence-corrected chi connectivity index (χ0v) is 6.25. The number of hydrogen-bond donors (Lipinski definition) is 2. The van der Waals surface area contributed by atoms with Gasteiger partial charge in [0, 0.05) is 4.73 Å². The standard InChI is InChI=1S/C6H4N2O5/c9-6(10)4-3-7(11)2-1-5(4)8(12)13/h1-3H,(H-,9,10,11)/p+1. The average molecular weight is 185 g/mol. The summed E-state index contributed by atoms with van der Waals surface area (Å²) in [7, 11) is 0. The van der Waals surface area contributed by atoms with E-state index in [1.165, 1.54) is 0 Å². The van der Waals surface area contributed by atoms with Crippen molar-refractivity contribution in [1.82, 2.24) is 0 Å². The van der Waals surface area contributed by atoms with Crippen LogP contribution in [0.15, 0.2) is 18.5 Å². The first-order valence-electron chi connectivity index (χ1n) is 3.14. The quantitative estimate of drug-likeness (QED) is 0.287. The van der Waals surface area contributed by atoms with Gasteiger partial charge in [0.2, 0.25) is 18.0 Å². The van der Waals surface area contributed by atoms with Gasteiger partial charge in [-0.15, -0.1) is 0 Å². The topological polar surface area (TPSA) is 105 Å². The molecule has 0 saturated carbocycles. The summed E-state index contributed by atoms with van der Waals surface area (Å²) < 4.78 is 0.441. The van der Waals surface area contributed by atoms with Gasteiger partial charge in [-0.1, -0.05) is 0 Å². The van der Waals surface area contributed by atoms with E-state index in [9.17, 15) is 14.9 Å². The molecule has 7 heteroatoms. The Kier molecular flexibility index (Phi) is 2.09. The Balaban J connectivity index is 3.35. The summed E-state index contributed by atoms with van der Waals surface area (Å²) in [5.74, 6) is -1.46. The van der Waals surface area contributed by atoms with Crippen LogP contribution >= 0.6 is 0 Å². The van der Waals surface area contributed by atoms with Crippen LogP contribution in [0.5, 0.6) is 0 Å². The highest BCUT2D eigenvalue weighted by Crippen LogP contribution is 2.14. The fourth-order valence-corrected chi connectivity index (χ4v) is 0.802. The monoisotopic (exact) mass is 185 g/mol. The first-order valence-corrected chi connectivity index (χ1v) is 3.14. The highest BCUT2D eigenvalue weighted by molar-refractivity contribution is 5.91. The van der Waals surface area contributed by atoms with Gasteiger partial charge in [-0.3, -0.25) is 15.3 Å². The smallest absolute Gasteiger partial charge is 0.349 e. The lowest BCUT2D eigenvalue weighted by molar-refractivity contribution is -0.905. The van der Waals surface area contributed by atoms with Gasteiger partial charge in [0.15, 0.2) is 0 Å². The third-order valence-electron chi connectivity index (χ3n) is 1.35. The SMILES string of the molecule is O=C(O)c1c[n+](O)ccc1[N+](=O)[O-]. The summed E-state index contributed by atoms with van der Waals surface area (Å²) in [5.41, 5.74) is -1.12. The number of pyridine rings is 1. The predicted molar refractivity (Wildman–Crippen MR) is 37.4 cm³/mol. The molecule has 0 saturated heterocycles. The van der Waals surface area contributed by atoms with Crippen LogP contribution in [-0.4, -0.2) is 21.2 Å². The normalized spacial score (nSPS) is 9.54. The van der Waals surface area contributed by atoms with Crippen molar-refractivity contribution in [3.63, 3.8) is 0 Å². The molecule has 0 fully saturated rings. The van der Waals surface area contributed by atoms with Crippen molar-refractivity contribution in [3.8, 4) is 0 Å². The van der Waals surface area contributed by atoms with E-state index in [0.29, 0.717) is 4.73 Å². The number of aromatic nitrogens is 1. The third kappa shape index (κ3) is 1.70. The van der Waals surface area contributed by atoms with Gasteiger partial charge in [-0.05, 0) is 0 Å². The third-order valence-corrected chi connectivity index (χ3v) is 1.35.